The van der Waals surface area contributed by atoms with Crippen LogP contribution in [0.5, 0.6) is 17.2 Å². The Morgan fingerprint density at radius 2 is 1.68 bits per heavy atom. The molecule has 0 saturated heterocycles. The number of ether oxygens (including phenoxy) is 4. The molecule has 13 heteroatoms. The fourth-order valence-electron chi connectivity index (χ4n) is 3.67. The monoisotopic (exact) mass is 543 g/mol. The van der Waals surface area contributed by atoms with Crippen molar-refractivity contribution in [1.82, 2.24) is 9.69 Å². The van der Waals surface area contributed by atoms with E-state index < -0.39 is 23.8 Å². The van der Waals surface area contributed by atoms with E-state index in [0.29, 0.717) is 40.0 Å². The Labute approximate surface area is 223 Å². The molecule has 202 valence electrons. The molecule has 2 aromatic carbocycles. The number of aromatic nitrogens is 1. The van der Waals surface area contributed by atoms with Gasteiger partial charge in [-0.3, -0.25) is 19.3 Å². The number of hydrogen-bond acceptors (Lipinski definition) is 10. The average molecular weight is 544 g/mol. The number of nitrogens with one attached hydrogen (secondary N) is 1. The Morgan fingerprint density at radius 3 is 2.24 bits per heavy atom. The van der Waals surface area contributed by atoms with Gasteiger partial charge in [0.2, 0.25) is 5.91 Å². The first-order chi connectivity index (χ1) is 18.3. The molecule has 0 aliphatic heterocycles. The van der Waals surface area contributed by atoms with Gasteiger partial charge in [0.05, 0.1) is 33.6 Å². The van der Waals surface area contributed by atoms with Gasteiger partial charge in [-0.1, -0.05) is 12.1 Å². The van der Waals surface area contributed by atoms with E-state index in [2.05, 4.69) is 9.69 Å². The van der Waals surface area contributed by atoms with Crippen LogP contribution in [0.25, 0.3) is 0 Å². The summed E-state index contributed by atoms with van der Waals surface area (Å²) in [5.74, 6) is -0.738. The van der Waals surface area contributed by atoms with Gasteiger partial charge in [-0.05, 0) is 41.4 Å². The summed E-state index contributed by atoms with van der Waals surface area (Å²) < 4.78 is 25.0. The normalized spacial score (nSPS) is 11.4. The zero-order valence-electron chi connectivity index (χ0n) is 21.3. The van der Waals surface area contributed by atoms with E-state index >= 15 is 0 Å². The summed E-state index contributed by atoms with van der Waals surface area (Å²) in [4.78, 5) is 40.7. The van der Waals surface area contributed by atoms with Gasteiger partial charge >= 0.3 is 0 Å². The number of carbonyl (C=O) groups is 3. The van der Waals surface area contributed by atoms with Gasteiger partial charge in [-0.15, -0.1) is 0 Å². The Balaban J connectivity index is 2.23. The van der Waals surface area contributed by atoms with E-state index in [1.54, 1.807) is 42.5 Å². The average Bonchev–Trinajstić information content (AvgIpc) is 3.32. The van der Waals surface area contributed by atoms with Gasteiger partial charge in [0.15, 0.2) is 17.2 Å². The number of nitrogen functional groups attached to an aromatic ring is 1. The van der Waals surface area contributed by atoms with Crippen molar-refractivity contribution in [1.29, 1.82) is 0 Å². The number of methoxy groups -OCH3 is 4. The third kappa shape index (κ3) is 5.95. The highest BCUT2D eigenvalue weighted by atomic mass is 32.1. The summed E-state index contributed by atoms with van der Waals surface area (Å²) in [6.07, 6.45) is 0. The van der Waals surface area contributed by atoms with Crippen molar-refractivity contribution in [2.24, 2.45) is 5.73 Å². The minimum atomic E-state index is -1.18. The van der Waals surface area contributed by atoms with E-state index in [4.69, 9.17) is 30.4 Å². The van der Waals surface area contributed by atoms with E-state index in [1.165, 1.54) is 33.3 Å². The highest BCUT2D eigenvalue weighted by molar-refractivity contribution is 7.09. The molecule has 38 heavy (non-hydrogen) atoms. The number of nitrogens with two attached hydrogens (primary N) is 2. The van der Waals surface area contributed by atoms with Gasteiger partial charge in [-0.2, -0.15) is 4.37 Å². The van der Waals surface area contributed by atoms with Crippen LogP contribution in [0.4, 0.5) is 11.4 Å². The first-order valence-electron chi connectivity index (χ1n) is 11.3. The maximum absolute atomic E-state index is 14.1. The van der Waals surface area contributed by atoms with Crippen LogP contribution in [-0.4, -0.2) is 63.7 Å². The molecule has 3 rings (SSSR count). The SMILES string of the molecule is COCCNC(=O)C(c1ccc(OC)cc1)N(C(=O)c1snc(C(N)=O)c1N)c1ccc(OC)c(OC)c1. The Morgan fingerprint density at radius 1 is 1.00 bits per heavy atom. The van der Waals surface area contributed by atoms with E-state index in [-0.39, 0.29) is 29.4 Å². The van der Waals surface area contributed by atoms with Crippen LogP contribution >= 0.6 is 11.5 Å². The number of hydrogen-bond donors (Lipinski definition) is 3. The van der Waals surface area contributed by atoms with E-state index in [9.17, 15) is 14.4 Å². The minimum absolute atomic E-state index is 0.0585. The predicted molar refractivity (Wildman–Crippen MR) is 142 cm³/mol. The summed E-state index contributed by atoms with van der Waals surface area (Å²) in [5.41, 5.74) is 11.8. The number of rotatable bonds is 12. The fourth-order valence-corrected chi connectivity index (χ4v) is 4.42. The molecule has 0 fully saturated rings. The van der Waals surface area contributed by atoms with Crippen LogP contribution in [0.2, 0.25) is 0 Å². The third-order valence-corrected chi connectivity index (χ3v) is 6.41. The highest BCUT2D eigenvalue weighted by Gasteiger charge is 2.36. The molecule has 0 spiro atoms. The molecule has 0 saturated carbocycles. The van der Waals surface area contributed by atoms with Crippen molar-refractivity contribution in [3.05, 3.63) is 58.6 Å². The molecular weight excluding hydrogens is 514 g/mol. The smallest absolute Gasteiger partial charge is 0.273 e. The van der Waals surface area contributed by atoms with Crippen molar-refractivity contribution in [3.63, 3.8) is 0 Å². The Hall–Kier alpha value is -4.36. The second-order valence-electron chi connectivity index (χ2n) is 7.81. The van der Waals surface area contributed by atoms with Gasteiger partial charge in [0.25, 0.3) is 11.8 Å². The highest BCUT2D eigenvalue weighted by Crippen LogP contribution is 2.38. The predicted octanol–water partition coefficient (Wildman–Crippen LogP) is 2.00. The standard InChI is InChI=1S/C25H29N5O7S/c1-34-12-11-28-24(32)21(14-5-8-16(35-2)9-6-14)30(15-7-10-17(36-3)18(13-15)37-4)25(33)22-19(26)20(23(27)31)29-38-22/h5-10,13,21H,11-12,26H2,1-4H3,(H2,27,31)(H,28,32). The second kappa shape index (κ2) is 12.7. The molecule has 3 amide bonds. The number of anilines is 2. The minimum Gasteiger partial charge on any atom is -0.497 e. The lowest BCUT2D eigenvalue weighted by atomic mass is 10.0. The van der Waals surface area contributed by atoms with Crippen LogP contribution in [0.3, 0.4) is 0 Å². The molecule has 1 atom stereocenters. The zero-order chi connectivity index (χ0) is 27.8. The molecule has 3 aromatic rings. The van der Waals surface area contributed by atoms with Crippen LogP contribution in [0.15, 0.2) is 42.5 Å². The molecule has 1 heterocycles. The topological polar surface area (TPSA) is 168 Å². The molecule has 12 nitrogen and oxygen atoms in total. The van der Waals surface area contributed by atoms with Gasteiger partial charge in [0.1, 0.15) is 16.7 Å². The molecule has 5 N–H and O–H groups in total. The van der Waals surface area contributed by atoms with Crippen LogP contribution in [0.1, 0.15) is 31.8 Å². The molecule has 1 aromatic heterocycles. The van der Waals surface area contributed by atoms with Gasteiger partial charge < -0.3 is 35.7 Å². The third-order valence-electron chi connectivity index (χ3n) is 5.56. The maximum atomic E-state index is 14.1. The first-order valence-corrected chi connectivity index (χ1v) is 12.1. The van der Waals surface area contributed by atoms with Crippen molar-refractivity contribution < 1.29 is 33.3 Å². The zero-order valence-corrected chi connectivity index (χ0v) is 22.2. The number of benzene rings is 2. The fraction of sp³-hybridized carbons (Fsp3) is 0.280. The molecule has 0 aliphatic carbocycles. The number of amides is 3. The van der Waals surface area contributed by atoms with Crippen molar-refractivity contribution in [2.45, 2.75) is 6.04 Å². The number of nitrogens with zero attached hydrogens (tertiary/aromatic N) is 2. The van der Waals surface area contributed by atoms with E-state index in [0.717, 1.165) is 0 Å². The summed E-state index contributed by atoms with van der Waals surface area (Å²) in [5, 5.41) is 2.79. The quantitative estimate of drug-likeness (QED) is 0.289. The van der Waals surface area contributed by atoms with E-state index in [1.807, 2.05) is 0 Å². The van der Waals surface area contributed by atoms with Gasteiger partial charge in [0, 0.05) is 25.4 Å². The lowest BCUT2D eigenvalue weighted by Gasteiger charge is -2.31. The second-order valence-corrected chi connectivity index (χ2v) is 8.59. The summed E-state index contributed by atoms with van der Waals surface area (Å²) in [6, 6.07) is 10.3. The molecule has 0 bridgehead atoms. The molecular formula is C25H29N5O7S. The van der Waals surface area contributed by atoms with Crippen molar-refractivity contribution >= 4 is 40.6 Å². The lowest BCUT2D eigenvalue weighted by Crippen LogP contribution is -2.44. The number of carbonyl (C=O) groups excluding carboxylic acids is 3. The molecule has 0 radical (unpaired) electrons. The maximum Gasteiger partial charge on any atom is 0.273 e. The molecule has 0 aliphatic rings. The summed E-state index contributed by atoms with van der Waals surface area (Å²) in [7, 11) is 5.96. The van der Waals surface area contributed by atoms with Crippen LogP contribution in [0, 0.1) is 0 Å². The summed E-state index contributed by atoms with van der Waals surface area (Å²) in [6.45, 7) is 0.458. The Bertz CT molecular complexity index is 1300. The van der Waals surface area contributed by atoms with Gasteiger partial charge in [-0.25, -0.2) is 0 Å². The lowest BCUT2D eigenvalue weighted by molar-refractivity contribution is -0.122. The largest absolute Gasteiger partial charge is 0.497 e. The van der Waals surface area contributed by atoms with Crippen LogP contribution in [-0.2, 0) is 9.53 Å². The van der Waals surface area contributed by atoms with Crippen molar-refractivity contribution in [2.75, 3.05) is 52.2 Å². The molecule has 1 unspecified atom stereocenters. The summed E-state index contributed by atoms with van der Waals surface area (Å²) >= 11 is 0.710. The Kier molecular flexibility index (Phi) is 9.46. The number of primary amides is 1. The van der Waals surface area contributed by atoms with Crippen molar-refractivity contribution in [3.8, 4) is 17.2 Å². The van der Waals surface area contributed by atoms with Crippen LogP contribution < -0.4 is 35.9 Å². The first kappa shape index (κ1) is 28.2.